The third kappa shape index (κ3) is 2.47. The van der Waals surface area contributed by atoms with Crippen molar-refractivity contribution in [2.45, 2.75) is 19.4 Å². The minimum absolute atomic E-state index is 0.463. The third-order valence-electron chi connectivity index (χ3n) is 2.11. The van der Waals surface area contributed by atoms with E-state index < -0.39 is 11.4 Å². The van der Waals surface area contributed by atoms with Crippen molar-refractivity contribution in [2.75, 3.05) is 5.32 Å². The summed E-state index contributed by atoms with van der Waals surface area (Å²) in [6.07, 6.45) is 0. The van der Waals surface area contributed by atoms with E-state index in [1.54, 1.807) is 38.1 Å². The lowest BCUT2D eigenvalue weighted by atomic mass is 10.0. The molecule has 4 heteroatoms. The molecule has 0 spiro atoms. The molecular weight excluding hydrogens is 190 g/mol. The molecule has 0 unspecified atom stereocenters. The Bertz CT molecular complexity index is 418. The zero-order valence-corrected chi connectivity index (χ0v) is 8.74. The van der Waals surface area contributed by atoms with Crippen molar-refractivity contribution in [2.24, 2.45) is 5.73 Å². The summed E-state index contributed by atoms with van der Waals surface area (Å²) >= 11 is 0. The Balaban J connectivity index is 3.00. The Morgan fingerprint density at radius 1 is 1.47 bits per heavy atom. The predicted octanol–water partition coefficient (Wildman–Crippen LogP) is 1.23. The molecule has 4 nitrogen and oxygen atoms in total. The van der Waals surface area contributed by atoms with Crippen molar-refractivity contribution in [3.05, 3.63) is 29.8 Å². The number of carbonyl (C=O) groups is 1. The number of nitriles is 1. The molecular formula is C11H13N3O. The SMILES string of the molecule is CC(C)(Nc1ccccc1C#N)C(N)=O. The monoisotopic (exact) mass is 203 g/mol. The molecule has 3 N–H and O–H groups in total. The number of primary amides is 1. The molecule has 0 bridgehead atoms. The van der Waals surface area contributed by atoms with Gasteiger partial charge in [0.1, 0.15) is 11.6 Å². The lowest BCUT2D eigenvalue weighted by molar-refractivity contribution is -0.121. The van der Waals surface area contributed by atoms with E-state index in [1.165, 1.54) is 0 Å². The van der Waals surface area contributed by atoms with Crippen LogP contribution in [0.25, 0.3) is 0 Å². The van der Waals surface area contributed by atoms with Crippen molar-refractivity contribution < 1.29 is 4.79 Å². The molecule has 0 radical (unpaired) electrons. The van der Waals surface area contributed by atoms with Gasteiger partial charge in [-0.15, -0.1) is 0 Å². The fraction of sp³-hybridized carbons (Fsp3) is 0.273. The van der Waals surface area contributed by atoms with Gasteiger partial charge in [-0.05, 0) is 26.0 Å². The van der Waals surface area contributed by atoms with Gasteiger partial charge in [-0.25, -0.2) is 0 Å². The molecule has 1 aromatic carbocycles. The van der Waals surface area contributed by atoms with Gasteiger partial charge in [0.2, 0.25) is 5.91 Å². The van der Waals surface area contributed by atoms with Crippen LogP contribution in [0.5, 0.6) is 0 Å². The zero-order valence-electron chi connectivity index (χ0n) is 8.74. The highest BCUT2D eigenvalue weighted by molar-refractivity contribution is 5.87. The fourth-order valence-electron chi connectivity index (χ4n) is 1.09. The molecule has 0 atom stereocenters. The average molecular weight is 203 g/mol. The Hall–Kier alpha value is -2.02. The van der Waals surface area contributed by atoms with Crippen LogP contribution >= 0.6 is 0 Å². The van der Waals surface area contributed by atoms with Gasteiger partial charge in [-0.1, -0.05) is 12.1 Å². The highest BCUT2D eigenvalue weighted by Crippen LogP contribution is 2.18. The summed E-state index contributed by atoms with van der Waals surface area (Å²) < 4.78 is 0. The molecule has 0 fully saturated rings. The lowest BCUT2D eigenvalue weighted by Gasteiger charge is -2.24. The number of anilines is 1. The normalized spacial score (nSPS) is 10.5. The van der Waals surface area contributed by atoms with Gasteiger partial charge in [0, 0.05) is 0 Å². The lowest BCUT2D eigenvalue weighted by Crippen LogP contribution is -2.45. The second-order valence-electron chi connectivity index (χ2n) is 3.77. The van der Waals surface area contributed by atoms with E-state index in [9.17, 15) is 4.79 Å². The van der Waals surface area contributed by atoms with Crippen LogP contribution in [0.3, 0.4) is 0 Å². The summed E-state index contributed by atoms with van der Waals surface area (Å²) in [4.78, 5) is 11.1. The molecule has 0 aliphatic rings. The molecule has 15 heavy (non-hydrogen) atoms. The smallest absolute Gasteiger partial charge is 0.242 e. The fourth-order valence-corrected chi connectivity index (χ4v) is 1.09. The number of benzene rings is 1. The first-order valence-corrected chi connectivity index (χ1v) is 4.54. The van der Waals surface area contributed by atoms with Crippen LogP contribution in [-0.2, 0) is 4.79 Å². The van der Waals surface area contributed by atoms with Gasteiger partial charge < -0.3 is 11.1 Å². The number of nitrogens with two attached hydrogens (primary N) is 1. The summed E-state index contributed by atoms with van der Waals surface area (Å²) in [6.45, 7) is 3.34. The van der Waals surface area contributed by atoms with E-state index in [4.69, 9.17) is 11.0 Å². The first-order chi connectivity index (χ1) is 6.97. The Labute approximate surface area is 88.7 Å². The van der Waals surface area contributed by atoms with Gasteiger partial charge in [0.15, 0.2) is 0 Å². The number of hydrogen-bond donors (Lipinski definition) is 2. The van der Waals surface area contributed by atoms with E-state index >= 15 is 0 Å². The summed E-state index contributed by atoms with van der Waals surface area (Å²) in [7, 11) is 0. The van der Waals surface area contributed by atoms with Gasteiger partial charge in [0.05, 0.1) is 11.3 Å². The third-order valence-corrected chi connectivity index (χ3v) is 2.11. The highest BCUT2D eigenvalue weighted by Gasteiger charge is 2.25. The highest BCUT2D eigenvalue weighted by atomic mass is 16.1. The number of nitrogens with one attached hydrogen (secondary N) is 1. The van der Waals surface area contributed by atoms with Crippen LogP contribution in [0, 0.1) is 11.3 Å². The molecule has 78 valence electrons. The van der Waals surface area contributed by atoms with E-state index in [-0.39, 0.29) is 0 Å². The van der Waals surface area contributed by atoms with E-state index in [1.807, 2.05) is 6.07 Å². The van der Waals surface area contributed by atoms with Gasteiger partial charge in [-0.2, -0.15) is 5.26 Å². The zero-order chi connectivity index (χ0) is 11.5. The summed E-state index contributed by atoms with van der Waals surface area (Å²) in [5.74, 6) is -0.463. The molecule has 0 heterocycles. The Morgan fingerprint density at radius 3 is 2.60 bits per heavy atom. The minimum atomic E-state index is -0.868. The average Bonchev–Trinajstić information content (AvgIpc) is 2.18. The summed E-state index contributed by atoms with van der Waals surface area (Å²) in [5, 5.41) is 11.8. The topological polar surface area (TPSA) is 78.9 Å². The van der Waals surface area contributed by atoms with Crippen molar-refractivity contribution in [1.82, 2.24) is 0 Å². The molecule has 0 aliphatic carbocycles. The van der Waals surface area contributed by atoms with Crippen LogP contribution in [0.1, 0.15) is 19.4 Å². The second kappa shape index (κ2) is 4.01. The quantitative estimate of drug-likeness (QED) is 0.775. The van der Waals surface area contributed by atoms with Crippen LogP contribution in [-0.4, -0.2) is 11.4 Å². The number of para-hydroxylation sites is 1. The number of amides is 1. The predicted molar refractivity (Wildman–Crippen MR) is 58.1 cm³/mol. The van der Waals surface area contributed by atoms with Gasteiger partial charge in [0.25, 0.3) is 0 Å². The standard InChI is InChI=1S/C11H13N3O/c1-11(2,10(13)15)14-9-6-4-3-5-8(9)7-12/h3-6,14H,1-2H3,(H2,13,15). The minimum Gasteiger partial charge on any atom is -0.371 e. The van der Waals surface area contributed by atoms with Gasteiger partial charge >= 0.3 is 0 Å². The Morgan fingerprint density at radius 2 is 2.07 bits per heavy atom. The first-order valence-electron chi connectivity index (χ1n) is 4.54. The Kier molecular flexibility index (Phi) is 2.96. The maximum atomic E-state index is 11.1. The number of nitrogens with zero attached hydrogens (tertiary/aromatic N) is 1. The van der Waals surface area contributed by atoms with Gasteiger partial charge in [-0.3, -0.25) is 4.79 Å². The summed E-state index contributed by atoms with van der Waals surface area (Å²) in [6, 6.07) is 9.02. The summed E-state index contributed by atoms with van der Waals surface area (Å²) in [5.41, 5.74) is 5.46. The first kappa shape index (κ1) is 11.1. The molecule has 1 rings (SSSR count). The van der Waals surface area contributed by atoms with E-state index in [0.717, 1.165) is 0 Å². The number of carbonyl (C=O) groups excluding carboxylic acids is 1. The van der Waals surface area contributed by atoms with Crippen LogP contribution in [0.15, 0.2) is 24.3 Å². The maximum absolute atomic E-state index is 11.1. The number of rotatable bonds is 3. The molecule has 0 saturated heterocycles. The van der Waals surface area contributed by atoms with E-state index in [2.05, 4.69) is 5.32 Å². The molecule has 0 saturated carbocycles. The van der Waals surface area contributed by atoms with Crippen LogP contribution in [0.4, 0.5) is 5.69 Å². The molecule has 1 amide bonds. The molecule has 1 aromatic rings. The van der Waals surface area contributed by atoms with Crippen molar-refractivity contribution in [1.29, 1.82) is 5.26 Å². The molecule has 0 aliphatic heterocycles. The second-order valence-corrected chi connectivity index (χ2v) is 3.77. The van der Waals surface area contributed by atoms with Crippen molar-refractivity contribution >= 4 is 11.6 Å². The van der Waals surface area contributed by atoms with E-state index in [0.29, 0.717) is 11.3 Å². The largest absolute Gasteiger partial charge is 0.371 e. The molecule has 0 aromatic heterocycles. The van der Waals surface area contributed by atoms with Crippen molar-refractivity contribution in [3.63, 3.8) is 0 Å². The van der Waals surface area contributed by atoms with Crippen LogP contribution in [0.2, 0.25) is 0 Å². The van der Waals surface area contributed by atoms with Crippen LogP contribution < -0.4 is 11.1 Å². The number of hydrogen-bond acceptors (Lipinski definition) is 3. The van der Waals surface area contributed by atoms with Crippen molar-refractivity contribution in [3.8, 4) is 6.07 Å². The maximum Gasteiger partial charge on any atom is 0.242 e.